The van der Waals surface area contributed by atoms with E-state index in [0.29, 0.717) is 17.3 Å². The first kappa shape index (κ1) is 17.1. The van der Waals surface area contributed by atoms with E-state index in [1.165, 1.54) is 10.9 Å². The third kappa shape index (κ3) is 2.62. The molecule has 5 rings (SSSR count). The van der Waals surface area contributed by atoms with Gasteiger partial charge in [0.15, 0.2) is 0 Å². The van der Waals surface area contributed by atoms with Gasteiger partial charge >= 0.3 is 0 Å². The summed E-state index contributed by atoms with van der Waals surface area (Å²) in [7, 11) is 1.79. The van der Waals surface area contributed by atoms with Gasteiger partial charge in [-0.3, -0.25) is 9.48 Å². The number of carbonyl (C=O) groups excluding carboxylic acids is 1. The molecule has 0 radical (unpaired) electrons. The Bertz CT molecular complexity index is 1170. The molecular formula is C22H19ClN4O. The lowest BCUT2D eigenvalue weighted by atomic mass is 9.92. The fourth-order valence-electron chi connectivity index (χ4n) is 4.18. The minimum atomic E-state index is -0.198. The van der Waals surface area contributed by atoms with Crippen molar-refractivity contribution in [3.63, 3.8) is 0 Å². The average Bonchev–Trinajstić information content (AvgIpc) is 3.30. The number of nitrogens with one attached hydrogen (secondary N) is 1. The summed E-state index contributed by atoms with van der Waals surface area (Å²) in [5.74, 6) is -0.0238. The highest BCUT2D eigenvalue weighted by atomic mass is 35.5. The predicted octanol–water partition coefficient (Wildman–Crippen LogP) is 4.34. The van der Waals surface area contributed by atoms with Crippen LogP contribution in [0.5, 0.6) is 0 Å². The van der Waals surface area contributed by atoms with Crippen molar-refractivity contribution in [3.05, 3.63) is 88.3 Å². The molecule has 0 fully saturated rings. The average molecular weight is 391 g/mol. The zero-order chi connectivity index (χ0) is 19.3. The molecule has 5 nitrogen and oxygen atoms in total. The van der Waals surface area contributed by atoms with Crippen LogP contribution in [0.25, 0.3) is 10.9 Å². The Balaban J connectivity index is 1.68. The number of rotatable bonds is 2. The second kappa shape index (κ2) is 6.53. The molecule has 2 aromatic heterocycles. The molecule has 0 spiro atoms. The summed E-state index contributed by atoms with van der Waals surface area (Å²) in [6, 6.07) is 17.6. The van der Waals surface area contributed by atoms with E-state index in [1.54, 1.807) is 24.0 Å². The third-order valence-corrected chi connectivity index (χ3v) is 5.77. The largest absolute Gasteiger partial charge is 0.356 e. The molecule has 0 saturated heterocycles. The van der Waals surface area contributed by atoms with Crippen LogP contribution in [0.4, 0.5) is 0 Å². The van der Waals surface area contributed by atoms with Crippen molar-refractivity contribution >= 4 is 28.4 Å². The van der Waals surface area contributed by atoms with Gasteiger partial charge in [0.2, 0.25) is 0 Å². The number of hydrogen-bond acceptors (Lipinski definition) is 2. The van der Waals surface area contributed by atoms with Crippen LogP contribution in [-0.4, -0.2) is 32.1 Å². The van der Waals surface area contributed by atoms with Crippen molar-refractivity contribution in [2.45, 2.75) is 12.5 Å². The molecule has 6 heteroatoms. The quantitative estimate of drug-likeness (QED) is 0.553. The Kier molecular flexibility index (Phi) is 3.98. The molecule has 1 N–H and O–H groups in total. The standard InChI is InChI=1S/C22H19ClN4O/c1-26-19(10-12-24-26)22(28)27-13-11-17-16-4-2-3-5-18(16)25-20(17)21(27)14-6-8-15(23)9-7-14/h2-10,12,21,25H,11,13H2,1H3. The summed E-state index contributed by atoms with van der Waals surface area (Å²) < 4.78 is 1.63. The van der Waals surface area contributed by atoms with Crippen molar-refractivity contribution in [1.29, 1.82) is 0 Å². The van der Waals surface area contributed by atoms with Crippen molar-refractivity contribution < 1.29 is 4.79 Å². The van der Waals surface area contributed by atoms with Gasteiger partial charge in [-0.25, -0.2) is 0 Å². The van der Waals surface area contributed by atoms with Crippen molar-refractivity contribution in [3.8, 4) is 0 Å². The summed E-state index contributed by atoms with van der Waals surface area (Å²) in [5.41, 5.74) is 5.07. The van der Waals surface area contributed by atoms with Crippen LogP contribution in [0.3, 0.4) is 0 Å². The molecule has 1 atom stereocenters. The molecule has 3 heterocycles. The van der Waals surface area contributed by atoms with Gasteiger partial charge in [-0.1, -0.05) is 41.9 Å². The maximum Gasteiger partial charge on any atom is 0.272 e. The normalized spacial score (nSPS) is 16.4. The lowest BCUT2D eigenvalue weighted by molar-refractivity contribution is 0.0680. The van der Waals surface area contributed by atoms with E-state index in [-0.39, 0.29) is 11.9 Å². The summed E-state index contributed by atoms with van der Waals surface area (Å²) in [5, 5.41) is 6.07. The predicted molar refractivity (Wildman–Crippen MR) is 110 cm³/mol. The van der Waals surface area contributed by atoms with Crippen LogP contribution < -0.4 is 0 Å². The first-order chi connectivity index (χ1) is 13.6. The molecule has 0 bridgehead atoms. The number of carbonyl (C=O) groups is 1. The number of benzene rings is 2. The molecule has 0 aliphatic carbocycles. The van der Waals surface area contributed by atoms with E-state index >= 15 is 0 Å². The summed E-state index contributed by atoms with van der Waals surface area (Å²) in [4.78, 5) is 18.9. The lowest BCUT2D eigenvalue weighted by Crippen LogP contribution is -2.41. The first-order valence-corrected chi connectivity index (χ1v) is 9.65. The molecule has 1 unspecified atom stereocenters. The van der Waals surface area contributed by atoms with Gasteiger partial charge in [0.25, 0.3) is 5.91 Å². The van der Waals surface area contributed by atoms with E-state index in [9.17, 15) is 4.79 Å². The Morgan fingerprint density at radius 2 is 1.93 bits per heavy atom. The van der Waals surface area contributed by atoms with Gasteiger partial charge in [-0.15, -0.1) is 0 Å². The fraction of sp³-hybridized carbons (Fsp3) is 0.182. The maximum absolute atomic E-state index is 13.4. The van der Waals surface area contributed by atoms with Crippen LogP contribution in [0.15, 0.2) is 60.8 Å². The highest BCUT2D eigenvalue weighted by Gasteiger charge is 2.35. The summed E-state index contributed by atoms with van der Waals surface area (Å²) >= 11 is 6.12. The Morgan fingerprint density at radius 3 is 2.68 bits per heavy atom. The highest BCUT2D eigenvalue weighted by molar-refractivity contribution is 6.30. The first-order valence-electron chi connectivity index (χ1n) is 9.27. The number of aryl methyl sites for hydroxylation is 1. The zero-order valence-electron chi connectivity index (χ0n) is 15.4. The number of halogens is 1. The van der Waals surface area contributed by atoms with Gasteiger partial charge < -0.3 is 9.88 Å². The van der Waals surface area contributed by atoms with Crippen LogP contribution in [0.2, 0.25) is 5.02 Å². The SMILES string of the molecule is Cn1nccc1C(=O)N1CCc2c([nH]c3ccccc23)C1c1ccc(Cl)cc1. The smallest absolute Gasteiger partial charge is 0.272 e. The molecule has 140 valence electrons. The molecule has 2 aromatic carbocycles. The number of nitrogens with zero attached hydrogens (tertiary/aromatic N) is 3. The monoisotopic (exact) mass is 390 g/mol. The molecule has 1 amide bonds. The fourth-order valence-corrected chi connectivity index (χ4v) is 4.31. The topological polar surface area (TPSA) is 53.9 Å². The molecular weight excluding hydrogens is 372 g/mol. The molecule has 1 aliphatic heterocycles. The molecule has 0 saturated carbocycles. The van der Waals surface area contributed by atoms with Crippen LogP contribution >= 0.6 is 11.6 Å². The number of fused-ring (bicyclic) bond motifs is 3. The number of para-hydroxylation sites is 1. The molecule has 28 heavy (non-hydrogen) atoms. The number of aromatic amines is 1. The number of H-pyrrole nitrogens is 1. The van der Waals surface area contributed by atoms with Crippen molar-refractivity contribution in [2.24, 2.45) is 7.05 Å². The minimum Gasteiger partial charge on any atom is -0.356 e. The molecule has 1 aliphatic rings. The highest BCUT2D eigenvalue weighted by Crippen LogP contribution is 2.39. The Morgan fingerprint density at radius 1 is 1.14 bits per heavy atom. The second-order valence-corrected chi connectivity index (χ2v) is 7.54. The molecule has 4 aromatic rings. The second-order valence-electron chi connectivity index (χ2n) is 7.11. The lowest BCUT2D eigenvalue weighted by Gasteiger charge is -2.36. The number of aromatic nitrogens is 3. The van der Waals surface area contributed by atoms with Crippen molar-refractivity contribution in [2.75, 3.05) is 6.54 Å². The Hall–Kier alpha value is -3.05. The van der Waals surface area contributed by atoms with E-state index in [4.69, 9.17) is 11.6 Å². The van der Waals surface area contributed by atoms with Crippen LogP contribution in [0, 0.1) is 0 Å². The summed E-state index contributed by atoms with van der Waals surface area (Å²) in [6.07, 6.45) is 2.47. The van der Waals surface area contributed by atoms with Crippen molar-refractivity contribution in [1.82, 2.24) is 19.7 Å². The van der Waals surface area contributed by atoms with Crippen LogP contribution in [0.1, 0.15) is 33.4 Å². The minimum absolute atomic E-state index is 0.0238. The van der Waals surface area contributed by atoms with Gasteiger partial charge in [-0.2, -0.15) is 5.10 Å². The number of hydrogen-bond donors (Lipinski definition) is 1. The van der Waals surface area contributed by atoms with E-state index in [0.717, 1.165) is 23.2 Å². The van der Waals surface area contributed by atoms with Gasteiger partial charge in [-0.05, 0) is 41.8 Å². The van der Waals surface area contributed by atoms with E-state index in [1.807, 2.05) is 35.2 Å². The van der Waals surface area contributed by atoms with Gasteiger partial charge in [0.1, 0.15) is 5.69 Å². The van der Waals surface area contributed by atoms with Gasteiger partial charge in [0, 0.05) is 41.4 Å². The van der Waals surface area contributed by atoms with Gasteiger partial charge in [0.05, 0.1) is 6.04 Å². The third-order valence-electron chi connectivity index (χ3n) is 5.52. The van der Waals surface area contributed by atoms with E-state index < -0.39 is 0 Å². The van der Waals surface area contributed by atoms with Crippen LogP contribution in [-0.2, 0) is 13.5 Å². The Labute approximate surface area is 167 Å². The maximum atomic E-state index is 13.4. The zero-order valence-corrected chi connectivity index (χ0v) is 16.1. The number of amides is 1. The van der Waals surface area contributed by atoms with E-state index in [2.05, 4.69) is 28.3 Å². The summed E-state index contributed by atoms with van der Waals surface area (Å²) in [6.45, 7) is 0.645.